The van der Waals surface area contributed by atoms with Crippen molar-refractivity contribution < 1.29 is 23.4 Å². The van der Waals surface area contributed by atoms with E-state index in [0.29, 0.717) is 0 Å². The molecular formula is C10H11F3O2. The maximum atomic E-state index is 12.3. The second-order valence-electron chi connectivity index (χ2n) is 3.25. The molecule has 5 heteroatoms. The van der Waals surface area contributed by atoms with Gasteiger partial charge in [0.2, 0.25) is 0 Å². The van der Waals surface area contributed by atoms with Crippen molar-refractivity contribution in [2.45, 2.75) is 12.6 Å². The quantitative estimate of drug-likeness (QED) is 0.819. The summed E-state index contributed by atoms with van der Waals surface area (Å²) >= 11 is 0. The molecule has 0 aliphatic heterocycles. The first kappa shape index (κ1) is 11.8. The highest BCUT2D eigenvalue weighted by Gasteiger charge is 2.39. The zero-order valence-electron chi connectivity index (χ0n) is 7.83. The van der Waals surface area contributed by atoms with E-state index < -0.39 is 25.1 Å². The van der Waals surface area contributed by atoms with Crippen LogP contribution in [-0.2, 0) is 6.42 Å². The third kappa shape index (κ3) is 3.13. The van der Waals surface area contributed by atoms with Crippen molar-refractivity contribution in [3.63, 3.8) is 0 Å². The van der Waals surface area contributed by atoms with Crippen LogP contribution in [0.2, 0.25) is 0 Å². The highest BCUT2D eigenvalue weighted by molar-refractivity contribution is 5.32. The molecule has 1 aromatic carbocycles. The van der Waals surface area contributed by atoms with Gasteiger partial charge in [0.1, 0.15) is 5.75 Å². The first-order chi connectivity index (χ1) is 6.95. The maximum Gasteiger partial charge on any atom is 0.394 e. The van der Waals surface area contributed by atoms with Gasteiger partial charge in [0.05, 0.1) is 12.5 Å². The second-order valence-corrected chi connectivity index (χ2v) is 3.25. The van der Waals surface area contributed by atoms with Gasteiger partial charge in [-0.2, -0.15) is 13.2 Å². The van der Waals surface area contributed by atoms with Crippen molar-refractivity contribution in [1.29, 1.82) is 0 Å². The number of phenols is 1. The predicted molar refractivity (Wildman–Crippen MR) is 48.4 cm³/mol. The maximum absolute atomic E-state index is 12.3. The summed E-state index contributed by atoms with van der Waals surface area (Å²) in [5.41, 5.74) is 0.189. The molecule has 0 saturated heterocycles. The van der Waals surface area contributed by atoms with Crippen LogP contribution >= 0.6 is 0 Å². The lowest BCUT2D eigenvalue weighted by atomic mass is 9.99. The molecule has 0 bridgehead atoms. The monoisotopic (exact) mass is 220 g/mol. The summed E-state index contributed by atoms with van der Waals surface area (Å²) in [6.07, 6.45) is -4.86. The first-order valence-electron chi connectivity index (χ1n) is 4.39. The van der Waals surface area contributed by atoms with Crippen LogP contribution in [-0.4, -0.2) is 23.0 Å². The lowest BCUT2D eigenvalue weighted by molar-refractivity contribution is -0.183. The predicted octanol–water partition coefficient (Wildman–Crippen LogP) is 2.11. The molecule has 0 fully saturated rings. The molecule has 0 radical (unpaired) electrons. The molecule has 0 heterocycles. The lowest BCUT2D eigenvalue weighted by Crippen LogP contribution is -2.28. The Morgan fingerprint density at radius 1 is 1.20 bits per heavy atom. The Bertz CT molecular complexity index is 323. The molecule has 1 aromatic rings. The molecule has 0 aliphatic carbocycles. The number of benzene rings is 1. The fraction of sp³-hybridized carbons (Fsp3) is 0.400. The number of aliphatic hydroxyl groups excluding tert-OH is 1. The molecular weight excluding hydrogens is 209 g/mol. The van der Waals surface area contributed by atoms with Gasteiger partial charge in [-0.25, -0.2) is 0 Å². The van der Waals surface area contributed by atoms with Gasteiger partial charge in [-0.3, -0.25) is 0 Å². The smallest absolute Gasteiger partial charge is 0.394 e. The van der Waals surface area contributed by atoms with Gasteiger partial charge >= 0.3 is 6.18 Å². The Morgan fingerprint density at radius 3 is 2.27 bits per heavy atom. The molecule has 15 heavy (non-hydrogen) atoms. The average molecular weight is 220 g/mol. The molecule has 1 rings (SSSR count). The Labute approximate surface area is 85.0 Å². The number of hydrogen-bond donors (Lipinski definition) is 2. The minimum atomic E-state index is -4.45. The number of rotatable bonds is 3. The largest absolute Gasteiger partial charge is 0.508 e. The fourth-order valence-corrected chi connectivity index (χ4v) is 1.23. The molecule has 0 saturated carbocycles. The van der Waals surface area contributed by atoms with Crippen molar-refractivity contribution in [2.75, 3.05) is 6.61 Å². The summed E-state index contributed by atoms with van der Waals surface area (Å²) in [7, 11) is 0. The summed E-state index contributed by atoms with van der Waals surface area (Å²) in [4.78, 5) is 0. The molecule has 0 amide bonds. The number of alkyl halides is 3. The molecule has 2 N–H and O–H groups in total. The first-order valence-corrected chi connectivity index (χ1v) is 4.39. The molecule has 1 atom stereocenters. The summed E-state index contributed by atoms with van der Waals surface area (Å²) in [5, 5.41) is 17.9. The minimum Gasteiger partial charge on any atom is -0.508 e. The van der Waals surface area contributed by atoms with Crippen LogP contribution in [0.15, 0.2) is 24.3 Å². The van der Waals surface area contributed by atoms with E-state index >= 15 is 0 Å². The summed E-state index contributed by atoms with van der Waals surface area (Å²) in [6, 6.07) is 5.80. The summed E-state index contributed by atoms with van der Waals surface area (Å²) < 4.78 is 36.9. The Balaban J connectivity index is 2.80. The van der Waals surface area contributed by atoms with Gasteiger partial charge in [-0.05, 0) is 18.1 Å². The normalized spacial score (nSPS) is 13.9. The molecule has 2 nitrogen and oxygen atoms in total. The van der Waals surface area contributed by atoms with Crippen LogP contribution in [0.5, 0.6) is 5.75 Å². The SMILES string of the molecule is OCC(Cc1ccccc1O)C(F)(F)F. The Hall–Kier alpha value is -1.23. The van der Waals surface area contributed by atoms with E-state index in [2.05, 4.69) is 0 Å². The third-order valence-corrected chi connectivity index (χ3v) is 2.14. The van der Waals surface area contributed by atoms with E-state index in [4.69, 9.17) is 5.11 Å². The topological polar surface area (TPSA) is 40.5 Å². The van der Waals surface area contributed by atoms with E-state index in [1.807, 2.05) is 0 Å². The van der Waals surface area contributed by atoms with Crippen molar-refractivity contribution in [1.82, 2.24) is 0 Å². The number of hydrogen-bond acceptors (Lipinski definition) is 2. The van der Waals surface area contributed by atoms with Crippen LogP contribution in [0.4, 0.5) is 13.2 Å². The molecule has 0 aliphatic rings. The van der Waals surface area contributed by atoms with E-state index in [1.165, 1.54) is 18.2 Å². The van der Waals surface area contributed by atoms with Crippen molar-refractivity contribution >= 4 is 0 Å². The molecule has 0 aromatic heterocycles. The summed E-state index contributed by atoms with van der Waals surface area (Å²) in [5.74, 6) is -2.01. The standard InChI is InChI=1S/C10H11F3O2/c11-10(12,13)8(6-14)5-7-3-1-2-4-9(7)15/h1-4,8,14-15H,5-6H2. The average Bonchev–Trinajstić information content (AvgIpc) is 2.14. The molecule has 0 spiro atoms. The Kier molecular flexibility index (Phi) is 3.57. The van der Waals surface area contributed by atoms with Gasteiger partial charge in [-0.1, -0.05) is 18.2 Å². The van der Waals surface area contributed by atoms with E-state index in [9.17, 15) is 18.3 Å². The van der Waals surface area contributed by atoms with Gasteiger partial charge in [-0.15, -0.1) is 0 Å². The van der Waals surface area contributed by atoms with Crippen LogP contribution in [0.3, 0.4) is 0 Å². The van der Waals surface area contributed by atoms with Crippen LogP contribution < -0.4 is 0 Å². The van der Waals surface area contributed by atoms with Gasteiger partial charge in [0.15, 0.2) is 0 Å². The lowest BCUT2D eigenvalue weighted by Gasteiger charge is -2.18. The highest BCUT2D eigenvalue weighted by Crippen LogP contribution is 2.30. The number of para-hydroxylation sites is 1. The summed E-state index contributed by atoms with van der Waals surface area (Å²) in [6.45, 7) is -0.974. The van der Waals surface area contributed by atoms with E-state index in [-0.39, 0.29) is 11.3 Å². The zero-order valence-corrected chi connectivity index (χ0v) is 7.83. The van der Waals surface area contributed by atoms with Crippen molar-refractivity contribution in [2.24, 2.45) is 5.92 Å². The Morgan fingerprint density at radius 2 is 1.80 bits per heavy atom. The van der Waals surface area contributed by atoms with Gasteiger partial charge in [0, 0.05) is 0 Å². The van der Waals surface area contributed by atoms with Gasteiger partial charge < -0.3 is 10.2 Å². The number of aromatic hydroxyl groups is 1. The molecule has 84 valence electrons. The second kappa shape index (κ2) is 4.53. The third-order valence-electron chi connectivity index (χ3n) is 2.14. The van der Waals surface area contributed by atoms with Crippen molar-refractivity contribution in [3.8, 4) is 5.75 Å². The van der Waals surface area contributed by atoms with Crippen LogP contribution in [0, 0.1) is 5.92 Å². The van der Waals surface area contributed by atoms with Crippen LogP contribution in [0.1, 0.15) is 5.56 Å². The zero-order chi connectivity index (χ0) is 11.5. The van der Waals surface area contributed by atoms with Crippen molar-refractivity contribution in [3.05, 3.63) is 29.8 Å². The fourth-order valence-electron chi connectivity index (χ4n) is 1.23. The van der Waals surface area contributed by atoms with E-state index in [0.717, 1.165) is 0 Å². The van der Waals surface area contributed by atoms with Gasteiger partial charge in [0.25, 0.3) is 0 Å². The number of aliphatic hydroxyl groups is 1. The number of phenolic OH excluding ortho intramolecular Hbond substituents is 1. The van der Waals surface area contributed by atoms with E-state index in [1.54, 1.807) is 6.07 Å². The highest BCUT2D eigenvalue weighted by atomic mass is 19.4. The molecule has 1 unspecified atom stereocenters. The number of halogens is 3. The van der Waals surface area contributed by atoms with Crippen LogP contribution in [0.25, 0.3) is 0 Å². The minimum absolute atomic E-state index is 0.180.